The smallest absolute Gasteiger partial charge is 0.339 e. The molecule has 0 saturated carbocycles. The lowest BCUT2D eigenvalue weighted by Crippen LogP contribution is -2.34. The highest BCUT2D eigenvalue weighted by molar-refractivity contribution is 7.99. The predicted octanol–water partition coefficient (Wildman–Crippen LogP) is -0.668. The van der Waals surface area contributed by atoms with Crippen molar-refractivity contribution in [3.63, 3.8) is 0 Å². The fourth-order valence-electron chi connectivity index (χ4n) is 0.878. The summed E-state index contributed by atoms with van der Waals surface area (Å²) in [5.41, 5.74) is -1.54. The number of aryl methyl sites for hydroxylation is 1. The van der Waals surface area contributed by atoms with Gasteiger partial charge in [-0.15, -0.1) is 0 Å². The molecule has 6 nitrogen and oxygen atoms in total. The van der Waals surface area contributed by atoms with Crippen molar-refractivity contribution >= 4 is 11.8 Å². The van der Waals surface area contributed by atoms with Crippen LogP contribution in [0.5, 0.6) is 0 Å². The SMILES string of the molecule is CCC(O)CSc1nc(=O)c(=O)[nH]n1C. The molecule has 1 unspecified atom stereocenters. The normalized spacial score (nSPS) is 12.7. The van der Waals surface area contributed by atoms with Crippen LogP contribution in [-0.2, 0) is 7.05 Å². The van der Waals surface area contributed by atoms with Crippen molar-refractivity contribution < 1.29 is 5.11 Å². The van der Waals surface area contributed by atoms with Gasteiger partial charge in [-0.05, 0) is 6.42 Å². The lowest BCUT2D eigenvalue weighted by Gasteiger charge is -2.08. The van der Waals surface area contributed by atoms with Crippen molar-refractivity contribution in [3.05, 3.63) is 20.7 Å². The first kappa shape index (κ1) is 12.0. The first-order valence-electron chi connectivity index (χ1n) is 4.52. The van der Waals surface area contributed by atoms with Crippen molar-refractivity contribution in [2.75, 3.05) is 5.75 Å². The molecule has 0 aliphatic rings. The molecule has 1 aromatic heterocycles. The molecule has 0 radical (unpaired) electrons. The highest BCUT2D eigenvalue weighted by atomic mass is 32.2. The van der Waals surface area contributed by atoms with E-state index >= 15 is 0 Å². The fourth-order valence-corrected chi connectivity index (χ4v) is 1.84. The van der Waals surface area contributed by atoms with E-state index in [1.54, 1.807) is 7.05 Å². The van der Waals surface area contributed by atoms with Gasteiger partial charge < -0.3 is 5.11 Å². The van der Waals surface area contributed by atoms with E-state index in [9.17, 15) is 14.7 Å². The Morgan fingerprint density at radius 1 is 1.60 bits per heavy atom. The summed E-state index contributed by atoms with van der Waals surface area (Å²) in [6, 6.07) is 0. The number of rotatable bonds is 4. The topological polar surface area (TPSA) is 88.0 Å². The Labute approximate surface area is 90.3 Å². The molecule has 1 atom stereocenters. The lowest BCUT2D eigenvalue weighted by atomic mass is 10.3. The number of aromatic nitrogens is 3. The monoisotopic (exact) mass is 231 g/mol. The van der Waals surface area contributed by atoms with Gasteiger partial charge in [-0.2, -0.15) is 4.98 Å². The molecular formula is C8H13N3O3S. The van der Waals surface area contributed by atoms with Gasteiger partial charge in [0, 0.05) is 12.8 Å². The highest BCUT2D eigenvalue weighted by Crippen LogP contribution is 2.13. The molecule has 0 aliphatic carbocycles. The summed E-state index contributed by atoms with van der Waals surface area (Å²) in [4.78, 5) is 25.4. The van der Waals surface area contributed by atoms with E-state index in [2.05, 4.69) is 10.1 Å². The van der Waals surface area contributed by atoms with Gasteiger partial charge in [0.15, 0.2) is 5.16 Å². The minimum Gasteiger partial charge on any atom is -0.392 e. The minimum absolute atomic E-state index is 0.395. The zero-order chi connectivity index (χ0) is 11.4. The van der Waals surface area contributed by atoms with Crippen LogP contribution in [0.15, 0.2) is 14.7 Å². The minimum atomic E-state index is -0.804. The third kappa shape index (κ3) is 3.21. The van der Waals surface area contributed by atoms with Gasteiger partial charge in [0.1, 0.15) is 0 Å². The van der Waals surface area contributed by atoms with Gasteiger partial charge >= 0.3 is 11.1 Å². The summed E-state index contributed by atoms with van der Waals surface area (Å²) >= 11 is 1.23. The molecule has 1 heterocycles. The first-order chi connectivity index (χ1) is 7.04. The van der Waals surface area contributed by atoms with Crippen molar-refractivity contribution in [3.8, 4) is 0 Å². The van der Waals surface area contributed by atoms with Crippen LogP contribution in [-0.4, -0.2) is 31.7 Å². The molecule has 0 saturated heterocycles. The molecule has 84 valence electrons. The van der Waals surface area contributed by atoms with Crippen LogP contribution in [0.1, 0.15) is 13.3 Å². The van der Waals surface area contributed by atoms with Gasteiger partial charge in [-0.1, -0.05) is 18.7 Å². The standard InChI is InChI=1S/C8H13N3O3S/c1-3-5(12)4-15-8-9-6(13)7(14)10-11(8)2/h5,12H,3-4H2,1-2H3,(H,10,14). The zero-order valence-corrected chi connectivity index (χ0v) is 9.37. The molecule has 0 bridgehead atoms. The number of hydrogen-bond acceptors (Lipinski definition) is 5. The molecule has 0 aliphatic heterocycles. The summed E-state index contributed by atoms with van der Waals surface area (Å²) in [6.45, 7) is 1.87. The third-order valence-corrected chi connectivity index (χ3v) is 3.00. The fraction of sp³-hybridized carbons (Fsp3) is 0.625. The van der Waals surface area contributed by atoms with E-state index < -0.39 is 17.2 Å². The first-order valence-corrected chi connectivity index (χ1v) is 5.51. The maximum Gasteiger partial charge on any atom is 0.339 e. The maximum atomic E-state index is 11.0. The largest absolute Gasteiger partial charge is 0.392 e. The lowest BCUT2D eigenvalue weighted by molar-refractivity contribution is 0.195. The quantitative estimate of drug-likeness (QED) is 0.530. The number of aromatic amines is 1. The Kier molecular flexibility index (Phi) is 4.10. The van der Waals surface area contributed by atoms with E-state index in [1.165, 1.54) is 16.4 Å². The predicted molar refractivity (Wildman–Crippen MR) is 57.1 cm³/mol. The molecule has 1 rings (SSSR count). The number of aliphatic hydroxyl groups excluding tert-OH is 1. The Bertz CT molecular complexity index is 439. The van der Waals surface area contributed by atoms with Crippen LogP contribution < -0.4 is 11.1 Å². The Balaban J connectivity index is 2.82. The van der Waals surface area contributed by atoms with Crippen LogP contribution in [0, 0.1) is 0 Å². The van der Waals surface area contributed by atoms with Crippen LogP contribution in [0.3, 0.4) is 0 Å². The Hall–Kier alpha value is -1.08. The third-order valence-electron chi connectivity index (χ3n) is 1.82. The van der Waals surface area contributed by atoms with Gasteiger partial charge in [-0.25, -0.2) is 0 Å². The average molecular weight is 231 g/mol. The molecule has 0 amide bonds. The number of thioether (sulfide) groups is 1. The second-order valence-corrected chi connectivity index (χ2v) is 4.06. The number of hydrogen-bond donors (Lipinski definition) is 2. The van der Waals surface area contributed by atoms with Crippen LogP contribution >= 0.6 is 11.8 Å². The van der Waals surface area contributed by atoms with E-state index in [0.29, 0.717) is 17.3 Å². The molecule has 0 fully saturated rings. The summed E-state index contributed by atoms with van der Waals surface area (Å²) in [5, 5.41) is 12.1. The molecule has 2 N–H and O–H groups in total. The Morgan fingerprint density at radius 3 is 2.87 bits per heavy atom. The molecule has 7 heteroatoms. The van der Waals surface area contributed by atoms with E-state index in [-0.39, 0.29) is 0 Å². The molecule has 0 spiro atoms. The van der Waals surface area contributed by atoms with Crippen molar-refractivity contribution in [2.24, 2.45) is 7.05 Å². The summed E-state index contributed by atoms with van der Waals surface area (Å²) in [6.07, 6.45) is 0.212. The molecule has 0 aromatic carbocycles. The molecule has 1 aromatic rings. The summed E-state index contributed by atoms with van der Waals surface area (Å²) in [7, 11) is 1.59. The van der Waals surface area contributed by atoms with E-state index in [0.717, 1.165) is 0 Å². The van der Waals surface area contributed by atoms with Gasteiger partial charge in [0.05, 0.1) is 6.10 Å². The summed E-state index contributed by atoms with van der Waals surface area (Å²) < 4.78 is 1.37. The van der Waals surface area contributed by atoms with Crippen LogP contribution in [0.4, 0.5) is 0 Å². The van der Waals surface area contributed by atoms with Crippen molar-refractivity contribution in [1.29, 1.82) is 0 Å². The van der Waals surface area contributed by atoms with Gasteiger partial charge in [0.25, 0.3) is 0 Å². The van der Waals surface area contributed by atoms with Crippen molar-refractivity contribution in [1.82, 2.24) is 14.8 Å². The molecule has 15 heavy (non-hydrogen) atoms. The van der Waals surface area contributed by atoms with Crippen molar-refractivity contribution in [2.45, 2.75) is 24.6 Å². The number of nitrogens with zero attached hydrogens (tertiary/aromatic N) is 2. The van der Waals surface area contributed by atoms with E-state index in [1.807, 2.05) is 6.92 Å². The number of nitrogens with one attached hydrogen (secondary N) is 1. The Morgan fingerprint density at radius 2 is 2.27 bits per heavy atom. The van der Waals surface area contributed by atoms with Crippen LogP contribution in [0.2, 0.25) is 0 Å². The maximum absolute atomic E-state index is 11.0. The summed E-state index contributed by atoms with van der Waals surface area (Å²) in [5.74, 6) is 0.447. The number of aliphatic hydroxyl groups is 1. The molecular weight excluding hydrogens is 218 g/mol. The second-order valence-electron chi connectivity index (χ2n) is 3.07. The zero-order valence-electron chi connectivity index (χ0n) is 8.56. The second kappa shape index (κ2) is 5.13. The average Bonchev–Trinajstić information content (AvgIpc) is 2.21. The van der Waals surface area contributed by atoms with Crippen LogP contribution in [0.25, 0.3) is 0 Å². The van der Waals surface area contributed by atoms with Gasteiger partial charge in [0.2, 0.25) is 0 Å². The number of H-pyrrole nitrogens is 1. The van der Waals surface area contributed by atoms with Gasteiger partial charge in [-0.3, -0.25) is 19.4 Å². The van der Waals surface area contributed by atoms with E-state index in [4.69, 9.17) is 0 Å². The highest BCUT2D eigenvalue weighted by Gasteiger charge is 2.07.